The number of carbonyl (C=O) groups is 1. The zero-order valence-corrected chi connectivity index (χ0v) is 9.79. The van der Waals surface area contributed by atoms with Crippen LogP contribution in [0.1, 0.15) is 38.2 Å². The number of Topliss-reactive ketones (excluding diaryl/α,β-unsaturated/α-hetero) is 1. The highest BCUT2D eigenvalue weighted by molar-refractivity contribution is 5.85. The summed E-state index contributed by atoms with van der Waals surface area (Å²) in [5.74, 6) is 0.626. The Bertz CT molecular complexity index is 498. The number of ketones is 1. The predicted molar refractivity (Wildman–Crippen MR) is 66.6 cm³/mol. The number of nitrogens with one attached hydrogen (secondary N) is 1. The summed E-state index contributed by atoms with van der Waals surface area (Å²) >= 11 is 0. The molecule has 1 atom stereocenters. The molecule has 16 heavy (non-hydrogen) atoms. The van der Waals surface area contributed by atoms with Crippen LogP contribution in [-0.4, -0.2) is 10.8 Å². The Labute approximate surface area is 95.7 Å². The molecule has 2 heteroatoms. The van der Waals surface area contributed by atoms with Crippen LogP contribution in [-0.2, 0) is 4.79 Å². The number of H-pyrrole nitrogens is 1. The van der Waals surface area contributed by atoms with Gasteiger partial charge in [0.25, 0.3) is 0 Å². The summed E-state index contributed by atoms with van der Waals surface area (Å²) in [6.45, 7) is 4.04. The second-order valence-corrected chi connectivity index (χ2v) is 4.29. The number of hydrogen-bond donors (Lipinski definition) is 1. The summed E-state index contributed by atoms with van der Waals surface area (Å²) < 4.78 is 0. The second-order valence-electron chi connectivity index (χ2n) is 4.29. The van der Waals surface area contributed by atoms with Gasteiger partial charge in [0.05, 0.1) is 0 Å². The van der Waals surface area contributed by atoms with Gasteiger partial charge in [-0.1, -0.05) is 32.0 Å². The number of aromatic amines is 1. The molecule has 2 rings (SSSR count). The van der Waals surface area contributed by atoms with Crippen molar-refractivity contribution in [1.29, 1.82) is 0 Å². The topological polar surface area (TPSA) is 32.9 Å². The van der Waals surface area contributed by atoms with E-state index in [0.29, 0.717) is 24.5 Å². The maximum Gasteiger partial charge on any atom is 0.133 e. The van der Waals surface area contributed by atoms with Crippen LogP contribution < -0.4 is 0 Å². The average Bonchev–Trinajstić information content (AvgIpc) is 2.72. The molecular formula is C14H17NO. The largest absolute Gasteiger partial charge is 0.361 e. The summed E-state index contributed by atoms with van der Waals surface area (Å²) in [5, 5.41) is 1.24. The smallest absolute Gasteiger partial charge is 0.133 e. The van der Waals surface area contributed by atoms with E-state index in [9.17, 15) is 4.79 Å². The summed E-state index contributed by atoms with van der Waals surface area (Å²) in [5.41, 5.74) is 2.39. The first-order valence-electron chi connectivity index (χ1n) is 5.80. The van der Waals surface area contributed by atoms with Crippen LogP contribution in [0, 0.1) is 0 Å². The second kappa shape index (κ2) is 4.52. The van der Waals surface area contributed by atoms with Crippen LogP contribution in [0.15, 0.2) is 30.5 Å². The molecule has 2 nitrogen and oxygen atoms in total. The van der Waals surface area contributed by atoms with Gasteiger partial charge in [-0.25, -0.2) is 0 Å². The Kier molecular flexibility index (Phi) is 3.09. The number of fused-ring (bicyclic) bond motifs is 1. The standard InChI is InChI=1S/C14H17NO/c1-3-11(16)8-10(2)13-9-15-14-7-5-4-6-12(13)14/h4-7,9-10,15H,3,8H2,1-2H3/t10-/m1/s1. The summed E-state index contributed by atoms with van der Waals surface area (Å²) in [6, 6.07) is 8.22. The lowest BCUT2D eigenvalue weighted by molar-refractivity contribution is -0.119. The van der Waals surface area contributed by atoms with E-state index >= 15 is 0 Å². The minimum absolute atomic E-state index is 0.295. The molecule has 0 fully saturated rings. The van der Waals surface area contributed by atoms with Crippen molar-refractivity contribution >= 4 is 16.7 Å². The van der Waals surface area contributed by atoms with Crippen molar-refractivity contribution in [3.05, 3.63) is 36.0 Å². The van der Waals surface area contributed by atoms with Gasteiger partial charge in [0, 0.05) is 29.9 Å². The fraction of sp³-hybridized carbons (Fsp3) is 0.357. The molecule has 1 N–H and O–H groups in total. The third-order valence-corrected chi connectivity index (χ3v) is 3.08. The number of aromatic nitrogens is 1. The van der Waals surface area contributed by atoms with Crippen molar-refractivity contribution < 1.29 is 4.79 Å². The van der Waals surface area contributed by atoms with E-state index in [4.69, 9.17) is 0 Å². The Morgan fingerprint density at radius 3 is 2.88 bits per heavy atom. The summed E-state index contributed by atoms with van der Waals surface area (Å²) in [7, 11) is 0. The average molecular weight is 215 g/mol. The minimum atomic E-state index is 0.295. The van der Waals surface area contributed by atoms with E-state index in [2.05, 4.69) is 24.0 Å². The van der Waals surface area contributed by atoms with Gasteiger partial charge in [0.1, 0.15) is 5.78 Å². The molecule has 0 spiro atoms. The van der Waals surface area contributed by atoms with Crippen LogP contribution in [0.2, 0.25) is 0 Å². The molecule has 1 aromatic heterocycles. The van der Waals surface area contributed by atoms with E-state index in [1.165, 1.54) is 10.9 Å². The van der Waals surface area contributed by atoms with Gasteiger partial charge in [-0.15, -0.1) is 0 Å². The highest BCUT2D eigenvalue weighted by Crippen LogP contribution is 2.27. The Morgan fingerprint density at radius 1 is 1.38 bits per heavy atom. The lowest BCUT2D eigenvalue weighted by atomic mass is 9.94. The van der Waals surface area contributed by atoms with E-state index in [0.717, 1.165) is 5.52 Å². The maximum atomic E-state index is 11.4. The van der Waals surface area contributed by atoms with Gasteiger partial charge in [-0.3, -0.25) is 4.79 Å². The molecular weight excluding hydrogens is 198 g/mol. The van der Waals surface area contributed by atoms with Gasteiger partial charge in [-0.2, -0.15) is 0 Å². The van der Waals surface area contributed by atoms with Crippen molar-refractivity contribution in [3.63, 3.8) is 0 Å². The molecule has 0 saturated carbocycles. The third kappa shape index (κ3) is 2.01. The van der Waals surface area contributed by atoms with E-state index < -0.39 is 0 Å². The lowest BCUT2D eigenvalue weighted by Crippen LogP contribution is -2.02. The first kappa shape index (κ1) is 10.9. The number of carbonyl (C=O) groups excluding carboxylic acids is 1. The molecule has 0 bridgehead atoms. The molecule has 1 aromatic carbocycles. The van der Waals surface area contributed by atoms with Gasteiger partial charge in [0.15, 0.2) is 0 Å². The fourth-order valence-corrected chi connectivity index (χ4v) is 2.10. The van der Waals surface area contributed by atoms with Crippen molar-refractivity contribution in [2.24, 2.45) is 0 Å². The van der Waals surface area contributed by atoms with E-state index in [1.54, 1.807) is 0 Å². The summed E-state index contributed by atoms with van der Waals surface area (Å²) in [6.07, 6.45) is 3.29. The third-order valence-electron chi connectivity index (χ3n) is 3.08. The molecule has 0 saturated heterocycles. The molecule has 0 unspecified atom stereocenters. The zero-order valence-electron chi connectivity index (χ0n) is 9.79. The van der Waals surface area contributed by atoms with Crippen LogP contribution in [0.25, 0.3) is 10.9 Å². The van der Waals surface area contributed by atoms with Crippen LogP contribution in [0.4, 0.5) is 0 Å². The van der Waals surface area contributed by atoms with Gasteiger partial charge in [0.2, 0.25) is 0 Å². The quantitative estimate of drug-likeness (QED) is 0.829. The van der Waals surface area contributed by atoms with Crippen LogP contribution >= 0.6 is 0 Å². The van der Waals surface area contributed by atoms with Gasteiger partial charge >= 0.3 is 0 Å². The SMILES string of the molecule is CCC(=O)C[C@@H](C)c1c[nH]c2ccccc12. The molecule has 0 radical (unpaired) electrons. The van der Waals surface area contributed by atoms with Gasteiger partial charge in [-0.05, 0) is 17.5 Å². The van der Waals surface area contributed by atoms with E-state index in [1.807, 2.05) is 25.3 Å². The van der Waals surface area contributed by atoms with Crippen LogP contribution in [0.3, 0.4) is 0 Å². The normalized spacial score (nSPS) is 12.9. The highest BCUT2D eigenvalue weighted by Gasteiger charge is 2.13. The summed E-state index contributed by atoms with van der Waals surface area (Å²) in [4.78, 5) is 14.7. The zero-order chi connectivity index (χ0) is 11.5. The first-order chi connectivity index (χ1) is 7.72. The maximum absolute atomic E-state index is 11.4. The Morgan fingerprint density at radius 2 is 2.12 bits per heavy atom. The molecule has 0 amide bonds. The molecule has 84 valence electrons. The van der Waals surface area contributed by atoms with Crippen molar-refractivity contribution in [2.75, 3.05) is 0 Å². The Hall–Kier alpha value is -1.57. The minimum Gasteiger partial charge on any atom is -0.361 e. The molecule has 0 aliphatic rings. The Balaban J connectivity index is 2.29. The first-order valence-corrected chi connectivity index (χ1v) is 5.80. The fourth-order valence-electron chi connectivity index (χ4n) is 2.10. The van der Waals surface area contributed by atoms with Gasteiger partial charge < -0.3 is 4.98 Å². The number of benzene rings is 1. The number of para-hydroxylation sites is 1. The number of rotatable bonds is 4. The molecule has 0 aliphatic heterocycles. The van der Waals surface area contributed by atoms with Crippen molar-refractivity contribution in [3.8, 4) is 0 Å². The van der Waals surface area contributed by atoms with E-state index in [-0.39, 0.29) is 0 Å². The predicted octanol–water partition coefficient (Wildman–Crippen LogP) is 3.64. The molecule has 2 aromatic rings. The number of hydrogen-bond acceptors (Lipinski definition) is 1. The molecule has 1 heterocycles. The van der Waals surface area contributed by atoms with Crippen molar-refractivity contribution in [2.45, 2.75) is 32.6 Å². The molecule has 0 aliphatic carbocycles. The monoisotopic (exact) mass is 215 g/mol. The van der Waals surface area contributed by atoms with Crippen molar-refractivity contribution in [1.82, 2.24) is 4.98 Å². The highest BCUT2D eigenvalue weighted by atomic mass is 16.1. The lowest BCUT2D eigenvalue weighted by Gasteiger charge is -2.08. The van der Waals surface area contributed by atoms with Crippen LogP contribution in [0.5, 0.6) is 0 Å².